The standard InChI is InChI=1S/C16H14BrNO3/c17-12-4-1-3-11(9-12)16(19)18-13-5-6-14-15(10-13)21-8-2-7-20-14/h1,3-6,9-10H,2,7-8H2,(H,18,19). The average Bonchev–Trinajstić information content (AvgIpc) is 2.72. The summed E-state index contributed by atoms with van der Waals surface area (Å²) in [5, 5.41) is 2.86. The Labute approximate surface area is 131 Å². The maximum Gasteiger partial charge on any atom is 0.255 e. The van der Waals surface area contributed by atoms with Gasteiger partial charge in [-0.15, -0.1) is 0 Å². The van der Waals surface area contributed by atoms with Gasteiger partial charge >= 0.3 is 0 Å². The lowest BCUT2D eigenvalue weighted by molar-refractivity contribution is 0.102. The summed E-state index contributed by atoms with van der Waals surface area (Å²) in [4.78, 5) is 12.2. The number of ether oxygens (including phenoxy) is 2. The molecule has 4 nitrogen and oxygen atoms in total. The van der Waals surface area contributed by atoms with Gasteiger partial charge < -0.3 is 14.8 Å². The van der Waals surface area contributed by atoms with Crippen LogP contribution < -0.4 is 14.8 Å². The van der Waals surface area contributed by atoms with Crippen LogP contribution in [0.25, 0.3) is 0 Å². The van der Waals surface area contributed by atoms with Crippen molar-refractivity contribution in [3.05, 3.63) is 52.5 Å². The Kier molecular flexibility index (Phi) is 4.10. The Hall–Kier alpha value is -2.01. The van der Waals surface area contributed by atoms with Crippen LogP contribution in [0.2, 0.25) is 0 Å². The SMILES string of the molecule is O=C(Nc1ccc2c(c1)OCCCO2)c1cccc(Br)c1. The summed E-state index contributed by atoms with van der Waals surface area (Å²) in [7, 11) is 0. The molecule has 0 radical (unpaired) electrons. The van der Waals surface area contributed by atoms with E-state index in [-0.39, 0.29) is 5.91 Å². The lowest BCUT2D eigenvalue weighted by Gasteiger charge is -2.10. The molecule has 0 spiro atoms. The molecule has 1 N–H and O–H groups in total. The zero-order chi connectivity index (χ0) is 14.7. The second-order valence-corrected chi connectivity index (χ2v) is 5.59. The molecule has 108 valence electrons. The summed E-state index contributed by atoms with van der Waals surface area (Å²) in [6.07, 6.45) is 0.856. The van der Waals surface area contributed by atoms with Gasteiger partial charge in [-0.2, -0.15) is 0 Å². The summed E-state index contributed by atoms with van der Waals surface area (Å²) >= 11 is 3.36. The van der Waals surface area contributed by atoms with Crippen LogP contribution in [-0.4, -0.2) is 19.1 Å². The molecule has 0 bridgehead atoms. The molecule has 0 aliphatic carbocycles. The highest BCUT2D eigenvalue weighted by Gasteiger charge is 2.12. The number of rotatable bonds is 2. The fraction of sp³-hybridized carbons (Fsp3) is 0.188. The molecule has 1 aliphatic heterocycles. The van der Waals surface area contributed by atoms with Crippen LogP contribution in [-0.2, 0) is 0 Å². The van der Waals surface area contributed by atoms with Gasteiger partial charge in [-0.05, 0) is 30.3 Å². The molecular weight excluding hydrogens is 334 g/mol. The van der Waals surface area contributed by atoms with E-state index in [2.05, 4.69) is 21.2 Å². The van der Waals surface area contributed by atoms with Crippen LogP contribution in [0.15, 0.2) is 46.9 Å². The molecule has 0 unspecified atom stereocenters. The Morgan fingerprint density at radius 2 is 1.86 bits per heavy atom. The topological polar surface area (TPSA) is 47.6 Å². The summed E-state index contributed by atoms with van der Waals surface area (Å²) in [6.45, 7) is 1.27. The number of amides is 1. The van der Waals surface area contributed by atoms with Crippen molar-refractivity contribution in [2.75, 3.05) is 18.5 Å². The van der Waals surface area contributed by atoms with Gasteiger partial charge in [0, 0.05) is 28.2 Å². The van der Waals surface area contributed by atoms with E-state index in [1.54, 1.807) is 18.2 Å². The number of anilines is 1. The highest BCUT2D eigenvalue weighted by molar-refractivity contribution is 9.10. The second-order valence-electron chi connectivity index (χ2n) is 4.68. The van der Waals surface area contributed by atoms with E-state index < -0.39 is 0 Å². The van der Waals surface area contributed by atoms with Crippen molar-refractivity contribution in [2.45, 2.75) is 6.42 Å². The zero-order valence-corrected chi connectivity index (χ0v) is 12.9. The van der Waals surface area contributed by atoms with Crippen molar-refractivity contribution >= 4 is 27.5 Å². The molecule has 1 amide bonds. The molecule has 0 saturated heterocycles. The molecule has 0 saturated carbocycles. The second kappa shape index (κ2) is 6.18. The first-order chi connectivity index (χ1) is 10.2. The molecule has 0 atom stereocenters. The van der Waals surface area contributed by atoms with Crippen molar-refractivity contribution in [3.8, 4) is 11.5 Å². The Morgan fingerprint density at radius 3 is 2.67 bits per heavy atom. The number of carbonyl (C=O) groups is 1. The lowest BCUT2D eigenvalue weighted by Crippen LogP contribution is -2.11. The van der Waals surface area contributed by atoms with Gasteiger partial charge in [-0.1, -0.05) is 22.0 Å². The van der Waals surface area contributed by atoms with E-state index in [0.717, 1.165) is 10.9 Å². The molecule has 2 aromatic rings. The van der Waals surface area contributed by atoms with Crippen LogP contribution in [0.5, 0.6) is 11.5 Å². The van der Waals surface area contributed by atoms with Gasteiger partial charge in [0.1, 0.15) is 0 Å². The Balaban J connectivity index is 1.79. The van der Waals surface area contributed by atoms with Gasteiger partial charge in [0.2, 0.25) is 0 Å². The van der Waals surface area contributed by atoms with Crippen molar-refractivity contribution in [3.63, 3.8) is 0 Å². The third-order valence-electron chi connectivity index (χ3n) is 3.09. The van der Waals surface area contributed by atoms with E-state index in [0.29, 0.717) is 36.0 Å². The van der Waals surface area contributed by atoms with Crippen molar-refractivity contribution < 1.29 is 14.3 Å². The van der Waals surface area contributed by atoms with E-state index in [4.69, 9.17) is 9.47 Å². The molecule has 1 aliphatic rings. The normalized spacial score (nSPS) is 13.4. The van der Waals surface area contributed by atoms with Crippen LogP contribution in [0.1, 0.15) is 16.8 Å². The molecule has 0 fully saturated rings. The fourth-order valence-corrected chi connectivity index (χ4v) is 2.47. The molecule has 0 aromatic heterocycles. The van der Waals surface area contributed by atoms with Crippen molar-refractivity contribution in [1.82, 2.24) is 0 Å². The fourth-order valence-electron chi connectivity index (χ4n) is 2.07. The highest BCUT2D eigenvalue weighted by atomic mass is 79.9. The van der Waals surface area contributed by atoms with Gasteiger partial charge in [0.05, 0.1) is 13.2 Å². The number of halogens is 1. The third kappa shape index (κ3) is 3.36. The summed E-state index contributed by atoms with van der Waals surface area (Å²) in [5.41, 5.74) is 1.28. The number of benzene rings is 2. The number of carbonyl (C=O) groups excluding carboxylic acids is 1. The minimum absolute atomic E-state index is 0.161. The Morgan fingerprint density at radius 1 is 1.05 bits per heavy atom. The van der Waals surface area contributed by atoms with Gasteiger partial charge in [-0.3, -0.25) is 4.79 Å². The number of fused-ring (bicyclic) bond motifs is 1. The first-order valence-electron chi connectivity index (χ1n) is 6.69. The summed E-state index contributed by atoms with van der Waals surface area (Å²) in [6, 6.07) is 12.7. The van der Waals surface area contributed by atoms with Gasteiger partial charge in [0.25, 0.3) is 5.91 Å². The quantitative estimate of drug-likeness (QED) is 0.897. The van der Waals surface area contributed by atoms with Gasteiger partial charge in [0.15, 0.2) is 11.5 Å². The molecule has 1 heterocycles. The lowest BCUT2D eigenvalue weighted by atomic mass is 10.2. The summed E-state index contributed by atoms with van der Waals surface area (Å²) in [5.74, 6) is 1.22. The molecule has 5 heteroatoms. The third-order valence-corrected chi connectivity index (χ3v) is 3.59. The largest absolute Gasteiger partial charge is 0.490 e. The van der Waals surface area contributed by atoms with Gasteiger partial charge in [-0.25, -0.2) is 0 Å². The predicted molar refractivity (Wildman–Crippen MR) is 84.1 cm³/mol. The minimum atomic E-state index is -0.161. The molecule has 21 heavy (non-hydrogen) atoms. The smallest absolute Gasteiger partial charge is 0.255 e. The predicted octanol–water partition coefficient (Wildman–Crippen LogP) is 3.86. The summed E-state index contributed by atoms with van der Waals surface area (Å²) < 4.78 is 12.0. The van der Waals surface area contributed by atoms with E-state index in [1.165, 1.54) is 0 Å². The van der Waals surface area contributed by atoms with Crippen LogP contribution in [0.4, 0.5) is 5.69 Å². The first-order valence-corrected chi connectivity index (χ1v) is 7.48. The minimum Gasteiger partial charge on any atom is -0.490 e. The maximum absolute atomic E-state index is 12.2. The zero-order valence-electron chi connectivity index (χ0n) is 11.3. The highest BCUT2D eigenvalue weighted by Crippen LogP contribution is 2.32. The maximum atomic E-state index is 12.2. The molecule has 3 rings (SSSR count). The van der Waals surface area contributed by atoms with Crippen LogP contribution in [0.3, 0.4) is 0 Å². The van der Waals surface area contributed by atoms with Crippen molar-refractivity contribution in [1.29, 1.82) is 0 Å². The first kappa shape index (κ1) is 13.9. The number of hydrogen-bond donors (Lipinski definition) is 1. The molecule has 2 aromatic carbocycles. The van der Waals surface area contributed by atoms with E-state index in [1.807, 2.05) is 24.3 Å². The van der Waals surface area contributed by atoms with E-state index in [9.17, 15) is 4.79 Å². The molecular formula is C16H14BrNO3. The van der Waals surface area contributed by atoms with E-state index >= 15 is 0 Å². The van der Waals surface area contributed by atoms with Crippen LogP contribution >= 0.6 is 15.9 Å². The monoisotopic (exact) mass is 347 g/mol. The van der Waals surface area contributed by atoms with Crippen molar-refractivity contribution in [2.24, 2.45) is 0 Å². The number of hydrogen-bond acceptors (Lipinski definition) is 3. The Bertz CT molecular complexity index is 672. The van der Waals surface area contributed by atoms with Crippen LogP contribution in [0, 0.1) is 0 Å². The number of nitrogens with one attached hydrogen (secondary N) is 1. The average molecular weight is 348 g/mol.